The van der Waals surface area contributed by atoms with Gasteiger partial charge >= 0.3 is 6.18 Å². The van der Waals surface area contributed by atoms with E-state index in [4.69, 9.17) is 0 Å². The highest BCUT2D eigenvalue weighted by atomic mass is 32.1. The van der Waals surface area contributed by atoms with E-state index in [1.165, 1.54) is 28.7 Å². The van der Waals surface area contributed by atoms with Gasteiger partial charge in [0.15, 0.2) is 11.7 Å². The SMILES string of the molecule is N#Cc1c(NC(=O)c2cc3n(n2)[C@H](C(F)(F)F)C[C@H](c2cccs2)N3)sc2c1CCCCC2. The molecule has 0 unspecified atom stereocenters. The second-order valence-electron chi connectivity index (χ2n) is 8.20. The maximum Gasteiger partial charge on any atom is 0.410 e. The van der Waals surface area contributed by atoms with Gasteiger partial charge in [-0.25, -0.2) is 4.68 Å². The zero-order chi connectivity index (χ0) is 23.2. The van der Waals surface area contributed by atoms with E-state index in [9.17, 15) is 23.2 Å². The standard InChI is InChI=1S/C22H20F3N5OS2/c23-22(24,25)18-9-14(17-7-4-8-32-17)27-19-10-15(29-30(18)19)20(31)28-21-13(11-26)12-5-2-1-3-6-16(12)33-21/h4,7-8,10,14,18,27H,1-3,5-6,9H2,(H,28,31)/t14-,18+/m1/s1. The van der Waals surface area contributed by atoms with Gasteiger partial charge in [0.2, 0.25) is 0 Å². The highest BCUT2D eigenvalue weighted by Crippen LogP contribution is 2.44. The molecule has 0 spiro atoms. The molecule has 2 aliphatic rings. The van der Waals surface area contributed by atoms with Gasteiger partial charge in [0.1, 0.15) is 16.9 Å². The van der Waals surface area contributed by atoms with Gasteiger partial charge in [0.25, 0.3) is 5.91 Å². The molecule has 1 amide bonds. The van der Waals surface area contributed by atoms with Crippen LogP contribution in [0.5, 0.6) is 0 Å². The number of rotatable bonds is 3. The number of nitrogens with one attached hydrogen (secondary N) is 2. The average Bonchev–Trinajstić information content (AvgIpc) is 3.48. The summed E-state index contributed by atoms with van der Waals surface area (Å²) in [7, 11) is 0. The molecular formula is C22H20F3N5OS2. The predicted molar refractivity (Wildman–Crippen MR) is 121 cm³/mol. The number of carbonyl (C=O) groups excluding carboxylic acids is 1. The molecule has 0 bridgehead atoms. The predicted octanol–water partition coefficient (Wildman–Crippen LogP) is 6.06. The lowest BCUT2D eigenvalue weighted by Crippen LogP contribution is -2.35. The minimum Gasteiger partial charge on any atom is -0.363 e. The topological polar surface area (TPSA) is 82.7 Å². The second kappa shape index (κ2) is 8.50. The van der Waals surface area contributed by atoms with Gasteiger partial charge in [-0.1, -0.05) is 12.5 Å². The van der Waals surface area contributed by atoms with E-state index in [1.54, 1.807) is 12.1 Å². The summed E-state index contributed by atoms with van der Waals surface area (Å²) < 4.78 is 42.4. The number of fused-ring (bicyclic) bond motifs is 2. The molecule has 1 aliphatic heterocycles. The zero-order valence-electron chi connectivity index (χ0n) is 17.4. The third-order valence-electron chi connectivity index (χ3n) is 6.07. The molecule has 2 atom stereocenters. The maximum atomic E-state index is 13.8. The van der Waals surface area contributed by atoms with Gasteiger partial charge < -0.3 is 10.6 Å². The van der Waals surface area contributed by atoms with Gasteiger partial charge in [-0.3, -0.25) is 4.79 Å². The Balaban J connectivity index is 1.44. The minimum atomic E-state index is -4.51. The van der Waals surface area contributed by atoms with Crippen LogP contribution >= 0.6 is 22.7 Å². The number of nitrogens with zero attached hydrogens (tertiary/aromatic N) is 3. The highest BCUT2D eigenvalue weighted by molar-refractivity contribution is 7.16. The van der Waals surface area contributed by atoms with Crippen LogP contribution in [-0.2, 0) is 12.8 Å². The van der Waals surface area contributed by atoms with Crippen molar-refractivity contribution in [1.29, 1.82) is 5.26 Å². The molecular weight excluding hydrogens is 471 g/mol. The molecule has 172 valence electrons. The van der Waals surface area contributed by atoms with Crippen molar-refractivity contribution in [1.82, 2.24) is 9.78 Å². The number of anilines is 2. The van der Waals surface area contributed by atoms with Crippen molar-refractivity contribution in [3.8, 4) is 6.07 Å². The lowest BCUT2D eigenvalue weighted by atomic mass is 10.0. The minimum absolute atomic E-state index is 0.119. The first-order valence-corrected chi connectivity index (χ1v) is 12.4. The number of hydrogen-bond acceptors (Lipinski definition) is 6. The molecule has 0 fully saturated rings. The molecule has 6 nitrogen and oxygen atoms in total. The Labute approximate surface area is 196 Å². The summed E-state index contributed by atoms with van der Waals surface area (Å²) in [6.45, 7) is 0. The van der Waals surface area contributed by atoms with Crippen LogP contribution in [0.3, 0.4) is 0 Å². The Bertz CT molecular complexity index is 1220. The van der Waals surface area contributed by atoms with Crippen LogP contribution in [0.2, 0.25) is 0 Å². The molecule has 5 rings (SSSR count). The third-order valence-corrected chi connectivity index (χ3v) is 8.26. The monoisotopic (exact) mass is 491 g/mol. The summed E-state index contributed by atoms with van der Waals surface area (Å²) >= 11 is 2.76. The van der Waals surface area contributed by atoms with Crippen molar-refractivity contribution in [3.63, 3.8) is 0 Å². The molecule has 0 aromatic carbocycles. The molecule has 33 heavy (non-hydrogen) atoms. The number of hydrogen-bond donors (Lipinski definition) is 2. The first-order valence-electron chi connectivity index (χ1n) is 10.7. The lowest BCUT2D eigenvalue weighted by Gasteiger charge is -2.32. The largest absolute Gasteiger partial charge is 0.410 e. The molecule has 2 N–H and O–H groups in total. The fourth-order valence-corrected chi connectivity index (χ4v) is 6.50. The van der Waals surface area contributed by atoms with Gasteiger partial charge in [-0.05, 0) is 42.7 Å². The van der Waals surface area contributed by atoms with Gasteiger partial charge in [-0.2, -0.15) is 23.5 Å². The molecule has 4 heterocycles. The number of alkyl halides is 3. The summed E-state index contributed by atoms with van der Waals surface area (Å²) in [6.07, 6.45) is 0.0790. The Kier molecular flexibility index (Phi) is 5.66. The van der Waals surface area contributed by atoms with Gasteiger partial charge in [-0.15, -0.1) is 22.7 Å². The van der Waals surface area contributed by atoms with E-state index < -0.39 is 24.2 Å². The van der Waals surface area contributed by atoms with E-state index in [1.807, 2.05) is 5.38 Å². The van der Waals surface area contributed by atoms with Crippen molar-refractivity contribution >= 4 is 39.4 Å². The van der Waals surface area contributed by atoms with Gasteiger partial charge in [0.05, 0.1) is 11.6 Å². The van der Waals surface area contributed by atoms with E-state index in [-0.39, 0.29) is 17.9 Å². The van der Waals surface area contributed by atoms with E-state index >= 15 is 0 Å². The summed E-state index contributed by atoms with van der Waals surface area (Å²) in [6, 6.07) is 4.77. The highest BCUT2D eigenvalue weighted by Gasteiger charge is 2.47. The van der Waals surface area contributed by atoms with Crippen molar-refractivity contribution in [3.05, 3.63) is 50.2 Å². The van der Waals surface area contributed by atoms with Crippen LogP contribution in [0.1, 0.15) is 69.1 Å². The first-order chi connectivity index (χ1) is 15.8. The smallest absolute Gasteiger partial charge is 0.363 e. The molecule has 3 aromatic rings. The first kappa shape index (κ1) is 22.0. The quantitative estimate of drug-likeness (QED) is 0.437. The Morgan fingerprint density at radius 1 is 1.30 bits per heavy atom. The van der Waals surface area contributed by atoms with Crippen LogP contribution in [0.4, 0.5) is 24.0 Å². The second-order valence-corrected chi connectivity index (χ2v) is 10.3. The van der Waals surface area contributed by atoms with E-state index in [0.717, 1.165) is 52.1 Å². The summed E-state index contributed by atoms with van der Waals surface area (Å²) in [5, 5.41) is 21.8. The van der Waals surface area contributed by atoms with Crippen LogP contribution in [0.25, 0.3) is 0 Å². The fraction of sp³-hybridized carbons (Fsp3) is 0.409. The molecule has 0 saturated heterocycles. The summed E-state index contributed by atoms with van der Waals surface area (Å²) in [5.41, 5.74) is 1.32. The zero-order valence-corrected chi connectivity index (χ0v) is 19.0. The fourth-order valence-electron chi connectivity index (χ4n) is 4.48. The van der Waals surface area contributed by atoms with Crippen molar-refractivity contribution in [2.75, 3.05) is 10.6 Å². The van der Waals surface area contributed by atoms with Crippen molar-refractivity contribution in [2.24, 2.45) is 0 Å². The van der Waals surface area contributed by atoms with Crippen LogP contribution in [-0.4, -0.2) is 21.9 Å². The number of carbonyl (C=O) groups is 1. The van der Waals surface area contributed by atoms with Crippen LogP contribution in [0, 0.1) is 11.3 Å². The lowest BCUT2D eigenvalue weighted by molar-refractivity contribution is -0.173. The molecule has 11 heteroatoms. The third kappa shape index (κ3) is 4.13. The Morgan fingerprint density at radius 2 is 2.12 bits per heavy atom. The van der Waals surface area contributed by atoms with Gasteiger partial charge in [0, 0.05) is 22.2 Å². The number of halogens is 3. The number of aromatic nitrogens is 2. The normalized spacial score (nSPS) is 20.2. The maximum absolute atomic E-state index is 13.8. The molecule has 0 saturated carbocycles. The number of thiophene rings is 2. The molecule has 1 aliphatic carbocycles. The van der Waals surface area contributed by atoms with E-state index in [2.05, 4.69) is 21.8 Å². The molecule has 0 radical (unpaired) electrons. The number of nitriles is 1. The number of amides is 1. The summed E-state index contributed by atoms with van der Waals surface area (Å²) in [4.78, 5) is 14.8. The Hall–Kier alpha value is -2.84. The van der Waals surface area contributed by atoms with E-state index in [0.29, 0.717) is 10.6 Å². The van der Waals surface area contributed by atoms with Crippen molar-refractivity contribution in [2.45, 2.75) is 56.8 Å². The molecule has 3 aromatic heterocycles. The number of aryl methyl sites for hydroxylation is 1. The van der Waals surface area contributed by atoms with Crippen LogP contribution < -0.4 is 10.6 Å². The average molecular weight is 492 g/mol. The van der Waals surface area contributed by atoms with Crippen LogP contribution in [0.15, 0.2) is 23.6 Å². The Morgan fingerprint density at radius 3 is 2.85 bits per heavy atom. The van der Waals surface area contributed by atoms with Crippen molar-refractivity contribution < 1.29 is 18.0 Å². The summed E-state index contributed by atoms with van der Waals surface area (Å²) in [5.74, 6) is -0.477.